The van der Waals surface area contributed by atoms with Gasteiger partial charge in [0.2, 0.25) is 0 Å². The van der Waals surface area contributed by atoms with Gasteiger partial charge in [-0.15, -0.1) is 0 Å². The standard InChI is InChI=1S/C15H20O8/c1-4-12(16)20-8-6-14(18)22-10-11(3)23-15(19)7-9-21-13(17)5-2/h4-5,11H,1-2,6-10H2,3H3. The molecule has 1 atom stereocenters. The third kappa shape index (κ3) is 11.7. The zero-order valence-corrected chi connectivity index (χ0v) is 12.9. The van der Waals surface area contributed by atoms with Crippen molar-refractivity contribution >= 4 is 23.9 Å². The molecule has 0 rings (SSSR count). The molecule has 0 spiro atoms. The first kappa shape index (κ1) is 20.4. The Balaban J connectivity index is 3.77. The molecule has 0 saturated heterocycles. The van der Waals surface area contributed by atoms with E-state index in [4.69, 9.17) is 9.47 Å². The highest BCUT2D eigenvalue weighted by molar-refractivity contribution is 5.82. The van der Waals surface area contributed by atoms with E-state index in [2.05, 4.69) is 22.6 Å². The van der Waals surface area contributed by atoms with E-state index in [1.54, 1.807) is 6.92 Å². The monoisotopic (exact) mass is 328 g/mol. The van der Waals surface area contributed by atoms with Crippen LogP contribution in [-0.4, -0.2) is 49.8 Å². The summed E-state index contributed by atoms with van der Waals surface area (Å²) >= 11 is 0. The van der Waals surface area contributed by atoms with Crippen LogP contribution in [0.5, 0.6) is 0 Å². The van der Waals surface area contributed by atoms with Crippen LogP contribution >= 0.6 is 0 Å². The summed E-state index contributed by atoms with van der Waals surface area (Å²) in [4.78, 5) is 44.2. The summed E-state index contributed by atoms with van der Waals surface area (Å²) in [5.41, 5.74) is 0. The SMILES string of the molecule is C=CC(=O)OCCC(=O)OCC(C)OC(=O)CCOC(=O)C=C. The fraction of sp³-hybridized carbons (Fsp3) is 0.467. The molecule has 0 aliphatic heterocycles. The Hall–Kier alpha value is -2.64. The number of esters is 4. The molecule has 0 N–H and O–H groups in total. The lowest BCUT2D eigenvalue weighted by Gasteiger charge is -2.13. The highest BCUT2D eigenvalue weighted by Crippen LogP contribution is 1.99. The second-order valence-corrected chi connectivity index (χ2v) is 4.23. The normalized spacial score (nSPS) is 10.8. The molecule has 0 aromatic heterocycles. The van der Waals surface area contributed by atoms with Gasteiger partial charge in [0.25, 0.3) is 0 Å². The van der Waals surface area contributed by atoms with Crippen molar-refractivity contribution in [3.8, 4) is 0 Å². The number of hydrogen-bond acceptors (Lipinski definition) is 8. The van der Waals surface area contributed by atoms with Crippen molar-refractivity contribution in [1.82, 2.24) is 0 Å². The van der Waals surface area contributed by atoms with Gasteiger partial charge >= 0.3 is 23.9 Å². The van der Waals surface area contributed by atoms with Gasteiger partial charge in [0.05, 0.1) is 12.8 Å². The lowest BCUT2D eigenvalue weighted by Crippen LogP contribution is -2.23. The largest absolute Gasteiger partial charge is 0.462 e. The van der Waals surface area contributed by atoms with E-state index in [9.17, 15) is 19.2 Å². The van der Waals surface area contributed by atoms with Crippen LogP contribution in [0.1, 0.15) is 19.8 Å². The highest BCUT2D eigenvalue weighted by Gasteiger charge is 2.13. The minimum absolute atomic E-state index is 0.113. The van der Waals surface area contributed by atoms with Crippen molar-refractivity contribution in [3.63, 3.8) is 0 Å². The van der Waals surface area contributed by atoms with E-state index in [-0.39, 0.29) is 32.7 Å². The Labute approximate surface area is 134 Å². The van der Waals surface area contributed by atoms with E-state index < -0.39 is 30.0 Å². The lowest BCUT2D eigenvalue weighted by molar-refractivity contribution is -0.160. The molecule has 0 heterocycles. The zero-order chi connectivity index (χ0) is 17.7. The molecule has 1 unspecified atom stereocenters. The number of rotatable bonds is 11. The molecule has 0 fully saturated rings. The van der Waals surface area contributed by atoms with Crippen molar-refractivity contribution in [2.45, 2.75) is 25.9 Å². The van der Waals surface area contributed by atoms with Crippen LogP contribution in [-0.2, 0) is 38.1 Å². The molecular formula is C15H20O8. The van der Waals surface area contributed by atoms with Crippen LogP contribution in [0.2, 0.25) is 0 Å². The average molecular weight is 328 g/mol. The Morgan fingerprint density at radius 1 is 0.870 bits per heavy atom. The highest BCUT2D eigenvalue weighted by atomic mass is 16.6. The molecule has 0 amide bonds. The summed E-state index contributed by atoms with van der Waals surface area (Å²) < 4.78 is 19.0. The quantitative estimate of drug-likeness (QED) is 0.310. The summed E-state index contributed by atoms with van der Waals surface area (Å²) in [6.45, 7) is 7.59. The second-order valence-electron chi connectivity index (χ2n) is 4.23. The van der Waals surface area contributed by atoms with Crippen LogP contribution in [0.15, 0.2) is 25.3 Å². The molecule has 8 nitrogen and oxygen atoms in total. The number of carbonyl (C=O) groups excluding carboxylic acids is 4. The maximum Gasteiger partial charge on any atom is 0.330 e. The minimum atomic E-state index is -0.655. The van der Waals surface area contributed by atoms with E-state index >= 15 is 0 Å². The first-order valence-electron chi connectivity index (χ1n) is 6.82. The van der Waals surface area contributed by atoms with Gasteiger partial charge < -0.3 is 18.9 Å². The number of hydrogen-bond donors (Lipinski definition) is 0. The van der Waals surface area contributed by atoms with Crippen molar-refractivity contribution in [3.05, 3.63) is 25.3 Å². The first-order valence-corrected chi connectivity index (χ1v) is 6.82. The summed E-state index contributed by atoms with van der Waals surface area (Å²) in [6, 6.07) is 0. The predicted octanol–water partition coefficient (Wildman–Crippen LogP) is 0.700. The van der Waals surface area contributed by atoms with Gasteiger partial charge in [0, 0.05) is 12.2 Å². The fourth-order valence-electron chi connectivity index (χ4n) is 1.19. The van der Waals surface area contributed by atoms with Crippen LogP contribution in [0, 0.1) is 0 Å². The van der Waals surface area contributed by atoms with Crippen LogP contribution in [0.4, 0.5) is 0 Å². The Morgan fingerprint density at radius 2 is 1.35 bits per heavy atom. The first-order chi connectivity index (χ1) is 10.9. The van der Waals surface area contributed by atoms with Gasteiger partial charge in [-0.2, -0.15) is 0 Å². The molecule has 0 saturated carbocycles. The molecule has 0 aromatic rings. The molecular weight excluding hydrogens is 308 g/mol. The van der Waals surface area contributed by atoms with Crippen molar-refractivity contribution in [2.75, 3.05) is 19.8 Å². The molecule has 0 bridgehead atoms. The van der Waals surface area contributed by atoms with Crippen LogP contribution in [0.25, 0.3) is 0 Å². The smallest absolute Gasteiger partial charge is 0.330 e. The van der Waals surface area contributed by atoms with Gasteiger partial charge in [0.15, 0.2) is 0 Å². The molecule has 8 heteroatoms. The summed E-state index contributed by atoms with van der Waals surface area (Å²) in [5.74, 6) is -2.44. The topological polar surface area (TPSA) is 105 Å². The van der Waals surface area contributed by atoms with E-state index in [0.29, 0.717) is 0 Å². The maximum atomic E-state index is 11.4. The number of ether oxygens (including phenoxy) is 4. The van der Waals surface area contributed by atoms with Gasteiger partial charge in [-0.3, -0.25) is 9.59 Å². The fourth-order valence-corrected chi connectivity index (χ4v) is 1.19. The Kier molecular flexibility index (Phi) is 10.6. The summed E-state index contributed by atoms with van der Waals surface area (Å²) in [6.07, 6.45) is 1.09. The zero-order valence-electron chi connectivity index (χ0n) is 12.9. The average Bonchev–Trinajstić information content (AvgIpc) is 2.52. The third-order valence-electron chi connectivity index (χ3n) is 2.25. The maximum absolute atomic E-state index is 11.4. The molecule has 0 aliphatic carbocycles. The van der Waals surface area contributed by atoms with E-state index in [1.807, 2.05) is 0 Å². The molecule has 0 aliphatic rings. The third-order valence-corrected chi connectivity index (χ3v) is 2.25. The summed E-state index contributed by atoms with van der Waals surface area (Å²) in [5, 5.41) is 0. The Morgan fingerprint density at radius 3 is 1.83 bits per heavy atom. The van der Waals surface area contributed by atoms with Gasteiger partial charge in [-0.05, 0) is 6.92 Å². The Bertz CT molecular complexity index is 454. The van der Waals surface area contributed by atoms with Crippen molar-refractivity contribution in [2.24, 2.45) is 0 Å². The number of carbonyl (C=O) groups is 4. The second kappa shape index (κ2) is 12.0. The van der Waals surface area contributed by atoms with Gasteiger partial charge in [-0.25, -0.2) is 9.59 Å². The summed E-state index contributed by atoms with van der Waals surface area (Å²) in [7, 11) is 0. The molecule has 0 aromatic carbocycles. The molecule has 23 heavy (non-hydrogen) atoms. The van der Waals surface area contributed by atoms with E-state index in [0.717, 1.165) is 12.2 Å². The van der Waals surface area contributed by atoms with Gasteiger partial charge in [0.1, 0.15) is 25.9 Å². The van der Waals surface area contributed by atoms with Crippen molar-refractivity contribution < 1.29 is 38.1 Å². The van der Waals surface area contributed by atoms with E-state index in [1.165, 1.54) is 0 Å². The molecule has 128 valence electrons. The van der Waals surface area contributed by atoms with Crippen molar-refractivity contribution in [1.29, 1.82) is 0 Å². The van der Waals surface area contributed by atoms with Crippen LogP contribution < -0.4 is 0 Å². The lowest BCUT2D eigenvalue weighted by atomic mass is 10.4. The molecule has 0 radical (unpaired) electrons. The van der Waals surface area contributed by atoms with Gasteiger partial charge in [-0.1, -0.05) is 13.2 Å². The van der Waals surface area contributed by atoms with Crippen LogP contribution in [0.3, 0.4) is 0 Å². The predicted molar refractivity (Wildman–Crippen MR) is 78.1 cm³/mol. The minimum Gasteiger partial charge on any atom is -0.462 e.